The molecule has 5 rings (SSSR count). The number of thiazole rings is 1. The fourth-order valence-electron chi connectivity index (χ4n) is 4.29. The number of hydrogen-bond donors (Lipinski definition) is 3. The molecule has 0 atom stereocenters. The highest BCUT2D eigenvalue weighted by molar-refractivity contribution is 8.00. The van der Waals surface area contributed by atoms with Gasteiger partial charge in [-0.15, -0.1) is 23.1 Å². The van der Waals surface area contributed by atoms with Crippen molar-refractivity contribution < 1.29 is 23.9 Å². The van der Waals surface area contributed by atoms with Crippen LogP contribution in [-0.4, -0.2) is 42.7 Å². The zero-order chi connectivity index (χ0) is 32.3. The molecule has 4 aromatic carbocycles. The van der Waals surface area contributed by atoms with E-state index in [4.69, 9.17) is 9.47 Å². The fraction of sp³-hybridized carbons (Fsp3) is 0.0857. The van der Waals surface area contributed by atoms with Gasteiger partial charge in [0.1, 0.15) is 17.2 Å². The Kier molecular flexibility index (Phi) is 10.8. The maximum atomic E-state index is 13.3. The summed E-state index contributed by atoms with van der Waals surface area (Å²) in [7, 11) is 3.17. The number of hydrogen-bond acceptors (Lipinski definition) is 8. The van der Waals surface area contributed by atoms with E-state index in [2.05, 4.69) is 20.9 Å². The van der Waals surface area contributed by atoms with E-state index in [0.717, 1.165) is 16.2 Å². The summed E-state index contributed by atoms with van der Waals surface area (Å²) in [5.74, 6) is 0.404. The molecule has 0 saturated carbocycles. The Hall–Kier alpha value is -5.39. The number of ether oxygens (including phenoxy) is 2. The average molecular weight is 651 g/mol. The average Bonchev–Trinajstić information content (AvgIpc) is 3.56. The normalized spacial score (nSPS) is 11.0. The van der Waals surface area contributed by atoms with E-state index >= 15 is 0 Å². The second-order valence-electron chi connectivity index (χ2n) is 9.71. The van der Waals surface area contributed by atoms with Gasteiger partial charge in [-0.1, -0.05) is 42.5 Å². The van der Waals surface area contributed by atoms with E-state index in [9.17, 15) is 14.4 Å². The molecule has 0 fully saturated rings. The van der Waals surface area contributed by atoms with Gasteiger partial charge in [-0.05, 0) is 72.3 Å². The molecule has 0 spiro atoms. The molecule has 1 heterocycles. The number of carbonyl (C=O) groups excluding carboxylic acids is 3. The monoisotopic (exact) mass is 650 g/mol. The van der Waals surface area contributed by atoms with Gasteiger partial charge in [0.05, 0.1) is 25.7 Å². The van der Waals surface area contributed by atoms with Gasteiger partial charge in [0.15, 0.2) is 5.13 Å². The summed E-state index contributed by atoms with van der Waals surface area (Å²) in [5, 5.41) is 10.8. The van der Waals surface area contributed by atoms with Crippen LogP contribution in [0.1, 0.15) is 15.9 Å². The van der Waals surface area contributed by atoms with Crippen molar-refractivity contribution >= 4 is 57.7 Å². The Bertz CT molecular complexity index is 1860. The number of amides is 3. The number of nitrogens with one attached hydrogen (secondary N) is 3. The molecule has 232 valence electrons. The SMILES string of the molecule is COc1cccc(/C=C(\NC(=O)c2ccccc2)C(=O)Nc2ccc(SCC(=O)Nc3nc(-c4ccccc4OC)cs3)cc2)c1. The summed E-state index contributed by atoms with van der Waals surface area (Å²) in [6.07, 6.45) is 1.59. The van der Waals surface area contributed by atoms with Crippen molar-refractivity contribution in [2.75, 3.05) is 30.6 Å². The summed E-state index contributed by atoms with van der Waals surface area (Å²) in [5.41, 5.74) is 3.26. The summed E-state index contributed by atoms with van der Waals surface area (Å²) in [4.78, 5) is 44.2. The van der Waals surface area contributed by atoms with E-state index in [1.165, 1.54) is 23.1 Å². The highest BCUT2D eigenvalue weighted by Gasteiger charge is 2.16. The van der Waals surface area contributed by atoms with Gasteiger partial charge >= 0.3 is 0 Å². The predicted octanol–water partition coefficient (Wildman–Crippen LogP) is 6.97. The van der Waals surface area contributed by atoms with Crippen LogP contribution < -0.4 is 25.4 Å². The van der Waals surface area contributed by atoms with Gasteiger partial charge < -0.3 is 25.4 Å². The van der Waals surface area contributed by atoms with Gasteiger partial charge in [-0.25, -0.2) is 4.98 Å². The third-order valence-electron chi connectivity index (χ3n) is 6.55. The summed E-state index contributed by atoms with van der Waals surface area (Å²) in [6, 6.07) is 30.5. The zero-order valence-corrected chi connectivity index (χ0v) is 26.6. The van der Waals surface area contributed by atoms with Crippen molar-refractivity contribution in [1.82, 2.24) is 10.3 Å². The number of methoxy groups -OCH3 is 2. The van der Waals surface area contributed by atoms with Crippen LogP contribution in [0.2, 0.25) is 0 Å². The van der Waals surface area contributed by atoms with Crippen LogP contribution in [0, 0.1) is 0 Å². The molecule has 9 nitrogen and oxygen atoms in total. The molecule has 0 aliphatic rings. The lowest BCUT2D eigenvalue weighted by molar-refractivity contribution is -0.114. The molecule has 0 aliphatic heterocycles. The summed E-state index contributed by atoms with van der Waals surface area (Å²) in [6.45, 7) is 0. The number of nitrogens with zero attached hydrogens (tertiary/aromatic N) is 1. The lowest BCUT2D eigenvalue weighted by atomic mass is 10.1. The van der Waals surface area contributed by atoms with Crippen molar-refractivity contribution in [2.24, 2.45) is 0 Å². The number of anilines is 2. The van der Waals surface area contributed by atoms with Crippen molar-refractivity contribution in [3.8, 4) is 22.8 Å². The number of aromatic nitrogens is 1. The number of rotatable bonds is 12. The molecule has 0 radical (unpaired) electrons. The lowest BCUT2D eigenvalue weighted by Gasteiger charge is -2.12. The topological polar surface area (TPSA) is 119 Å². The Labute approximate surface area is 274 Å². The maximum Gasteiger partial charge on any atom is 0.272 e. The lowest BCUT2D eigenvalue weighted by Crippen LogP contribution is -2.30. The van der Waals surface area contributed by atoms with Crippen molar-refractivity contribution in [1.29, 1.82) is 0 Å². The first-order chi connectivity index (χ1) is 22.4. The van der Waals surface area contributed by atoms with E-state index in [1.54, 1.807) is 81.0 Å². The quantitative estimate of drug-likeness (QED) is 0.0986. The van der Waals surface area contributed by atoms with Gasteiger partial charge in [0, 0.05) is 27.1 Å². The highest BCUT2D eigenvalue weighted by Crippen LogP contribution is 2.32. The Morgan fingerprint density at radius 2 is 1.61 bits per heavy atom. The van der Waals surface area contributed by atoms with Gasteiger partial charge in [0.2, 0.25) is 5.91 Å². The number of para-hydroxylation sites is 1. The Balaban J connectivity index is 1.20. The van der Waals surface area contributed by atoms with E-state index in [0.29, 0.717) is 33.4 Å². The molecular formula is C35H30N4O5S2. The van der Waals surface area contributed by atoms with Crippen molar-refractivity contribution in [3.05, 3.63) is 125 Å². The second-order valence-corrected chi connectivity index (χ2v) is 11.6. The van der Waals surface area contributed by atoms with E-state index < -0.39 is 11.8 Å². The molecule has 3 N–H and O–H groups in total. The molecule has 0 aliphatic carbocycles. The maximum absolute atomic E-state index is 13.3. The first-order valence-electron chi connectivity index (χ1n) is 14.1. The predicted molar refractivity (Wildman–Crippen MR) is 183 cm³/mol. The molecule has 0 bridgehead atoms. The molecule has 5 aromatic rings. The number of carbonyl (C=O) groups is 3. The summed E-state index contributed by atoms with van der Waals surface area (Å²) >= 11 is 2.70. The van der Waals surface area contributed by atoms with Crippen molar-refractivity contribution in [2.45, 2.75) is 4.90 Å². The standard InChI is InChI=1S/C35H30N4O5S2/c1-43-26-12-8-9-23(19-26)20-29(37-33(41)24-10-4-3-5-11-24)34(42)36-25-15-17-27(18-16-25)45-22-32(40)39-35-38-30(21-46-35)28-13-6-7-14-31(28)44-2/h3-21H,22H2,1-2H3,(H,36,42)(H,37,41)(H,38,39,40)/b29-20-. The minimum Gasteiger partial charge on any atom is -0.497 e. The smallest absolute Gasteiger partial charge is 0.272 e. The molecular weight excluding hydrogens is 621 g/mol. The zero-order valence-electron chi connectivity index (χ0n) is 25.0. The van der Waals surface area contributed by atoms with Crippen LogP contribution in [-0.2, 0) is 9.59 Å². The van der Waals surface area contributed by atoms with Gasteiger partial charge in [0.25, 0.3) is 11.8 Å². The highest BCUT2D eigenvalue weighted by atomic mass is 32.2. The third-order valence-corrected chi connectivity index (χ3v) is 8.32. The van der Waals surface area contributed by atoms with Gasteiger partial charge in [-0.3, -0.25) is 14.4 Å². The number of benzene rings is 4. The molecule has 0 unspecified atom stereocenters. The van der Waals surface area contributed by atoms with Crippen LogP contribution >= 0.6 is 23.1 Å². The second kappa shape index (κ2) is 15.6. The van der Waals surface area contributed by atoms with Crippen LogP contribution in [0.3, 0.4) is 0 Å². The molecule has 46 heavy (non-hydrogen) atoms. The first kappa shape index (κ1) is 32.0. The largest absolute Gasteiger partial charge is 0.497 e. The summed E-state index contributed by atoms with van der Waals surface area (Å²) < 4.78 is 10.7. The third kappa shape index (κ3) is 8.62. The van der Waals surface area contributed by atoms with Crippen LogP contribution in [0.5, 0.6) is 11.5 Å². The fourth-order valence-corrected chi connectivity index (χ4v) is 5.71. The Morgan fingerprint density at radius 3 is 2.37 bits per heavy atom. The molecule has 11 heteroatoms. The molecule has 3 amide bonds. The number of thioether (sulfide) groups is 1. The Morgan fingerprint density at radius 1 is 0.848 bits per heavy atom. The van der Waals surface area contributed by atoms with Gasteiger partial charge in [-0.2, -0.15) is 0 Å². The minimum absolute atomic E-state index is 0.0632. The van der Waals surface area contributed by atoms with Crippen LogP contribution in [0.25, 0.3) is 17.3 Å². The van der Waals surface area contributed by atoms with Crippen LogP contribution in [0.15, 0.2) is 119 Å². The van der Waals surface area contributed by atoms with Crippen LogP contribution in [0.4, 0.5) is 10.8 Å². The van der Waals surface area contributed by atoms with E-state index in [-0.39, 0.29) is 17.4 Å². The molecule has 1 aromatic heterocycles. The van der Waals surface area contributed by atoms with Crippen molar-refractivity contribution in [3.63, 3.8) is 0 Å². The molecule has 0 saturated heterocycles. The first-order valence-corrected chi connectivity index (χ1v) is 15.9. The van der Waals surface area contributed by atoms with E-state index in [1.807, 2.05) is 47.8 Å². The minimum atomic E-state index is -0.497.